The molecule has 0 bridgehead atoms. The van der Waals surface area contributed by atoms with Crippen LogP contribution < -0.4 is 0 Å². The molecule has 1 aliphatic carbocycles. The third kappa shape index (κ3) is 3.79. The van der Waals surface area contributed by atoms with Crippen LogP contribution in [0.25, 0.3) is 0 Å². The number of benzene rings is 1. The largest absolute Gasteiger partial charge is 0.214 e. The second kappa shape index (κ2) is 6.22. The molecule has 0 aromatic heterocycles. The van der Waals surface area contributed by atoms with Gasteiger partial charge in [0, 0.05) is 18.2 Å². The standard InChI is InChI=1S/C15H22FNO2S/c1-3-12(2)11-20(18,19)17(14-8-9-14)10-13-6-4-5-7-15(13)16/h4-7,12,14H,3,8-11H2,1-2H3/t12-/m1/s1. The lowest BCUT2D eigenvalue weighted by Crippen LogP contribution is -2.36. The summed E-state index contributed by atoms with van der Waals surface area (Å²) in [7, 11) is -3.32. The fourth-order valence-electron chi connectivity index (χ4n) is 2.18. The molecule has 0 saturated heterocycles. The average molecular weight is 299 g/mol. The Morgan fingerprint density at radius 3 is 2.55 bits per heavy atom. The van der Waals surface area contributed by atoms with Crippen molar-refractivity contribution in [2.45, 2.75) is 45.7 Å². The van der Waals surface area contributed by atoms with Crippen LogP contribution >= 0.6 is 0 Å². The molecule has 1 aromatic rings. The lowest BCUT2D eigenvalue weighted by molar-refractivity contribution is 0.386. The van der Waals surface area contributed by atoms with Crippen LogP contribution in [0.1, 0.15) is 38.7 Å². The molecule has 1 aromatic carbocycles. The van der Waals surface area contributed by atoms with E-state index in [9.17, 15) is 12.8 Å². The van der Waals surface area contributed by atoms with E-state index in [4.69, 9.17) is 0 Å². The van der Waals surface area contributed by atoms with E-state index in [0.717, 1.165) is 19.3 Å². The number of nitrogens with zero attached hydrogens (tertiary/aromatic N) is 1. The summed E-state index contributed by atoms with van der Waals surface area (Å²) in [6.45, 7) is 4.07. The predicted octanol–water partition coefficient (Wildman–Crippen LogP) is 3.17. The van der Waals surface area contributed by atoms with E-state index in [1.165, 1.54) is 10.4 Å². The maximum Gasteiger partial charge on any atom is 0.214 e. The van der Waals surface area contributed by atoms with Crippen LogP contribution in [-0.4, -0.2) is 24.5 Å². The zero-order valence-corrected chi connectivity index (χ0v) is 12.9. The van der Waals surface area contributed by atoms with Gasteiger partial charge in [0.2, 0.25) is 10.0 Å². The number of hydrogen-bond donors (Lipinski definition) is 0. The maximum atomic E-state index is 13.7. The molecule has 5 heteroatoms. The molecule has 0 radical (unpaired) electrons. The van der Waals surface area contributed by atoms with Crippen molar-refractivity contribution >= 4 is 10.0 Å². The summed E-state index contributed by atoms with van der Waals surface area (Å²) in [5.74, 6) is -0.0622. The Hall–Kier alpha value is -0.940. The molecule has 0 heterocycles. The Bertz CT molecular complexity index is 555. The summed E-state index contributed by atoms with van der Waals surface area (Å²) in [5.41, 5.74) is 0.451. The number of halogens is 1. The molecule has 0 spiro atoms. The summed E-state index contributed by atoms with van der Waals surface area (Å²) >= 11 is 0. The molecule has 1 atom stereocenters. The van der Waals surface area contributed by atoms with Gasteiger partial charge in [-0.05, 0) is 24.8 Å². The molecule has 0 N–H and O–H groups in total. The van der Waals surface area contributed by atoms with Gasteiger partial charge in [0.15, 0.2) is 0 Å². The van der Waals surface area contributed by atoms with Gasteiger partial charge in [-0.25, -0.2) is 12.8 Å². The van der Waals surface area contributed by atoms with Crippen molar-refractivity contribution in [1.82, 2.24) is 4.31 Å². The molecule has 3 nitrogen and oxygen atoms in total. The molecule has 2 rings (SSSR count). The Morgan fingerprint density at radius 1 is 1.35 bits per heavy atom. The summed E-state index contributed by atoms with van der Waals surface area (Å²) in [6, 6.07) is 6.45. The van der Waals surface area contributed by atoms with Crippen molar-refractivity contribution in [2.24, 2.45) is 5.92 Å². The fraction of sp³-hybridized carbons (Fsp3) is 0.600. The molecule has 1 saturated carbocycles. The highest BCUT2D eigenvalue weighted by Gasteiger charge is 2.37. The van der Waals surface area contributed by atoms with E-state index >= 15 is 0 Å². The second-order valence-electron chi connectivity index (χ2n) is 5.66. The molecule has 0 amide bonds. The van der Waals surface area contributed by atoms with Crippen LogP contribution in [0, 0.1) is 11.7 Å². The van der Waals surface area contributed by atoms with Gasteiger partial charge in [0.05, 0.1) is 5.75 Å². The van der Waals surface area contributed by atoms with Crippen LogP contribution in [0.2, 0.25) is 0 Å². The molecular formula is C15H22FNO2S. The number of sulfonamides is 1. The van der Waals surface area contributed by atoms with E-state index < -0.39 is 10.0 Å². The van der Waals surface area contributed by atoms with E-state index in [1.807, 2.05) is 13.8 Å². The van der Waals surface area contributed by atoms with Crippen LogP contribution in [0.3, 0.4) is 0 Å². The molecule has 1 aliphatic rings. The van der Waals surface area contributed by atoms with Gasteiger partial charge in [-0.2, -0.15) is 4.31 Å². The van der Waals surface area contributed by atoms with Gasteiger partial charge < -0.3 is 0 Å². The van der Waals surface area contributed by atoms with E-state index in [-0.39, 0.29) is 30.1 Å². The van der Waals surface area contributed by atoms with Gasteiger partial charge in [-0.3, -0.25) is 0 Å². The van der Waals surface area contributed by atoms with Crippen LogP contribution in [-0.2, 0) is 16.6 Å². The first kappa shape index (κ1) is 15.4. The zero-order chi connectivity index (χ0) is 14.8. The normalized spacial score (nSPS) is 17.4. The quantitative estimate of drug-likeness (QED) is 0.775. The van der Waals surface area contributed by atoms with Crippen molar-refractivity contribution in [3.8, 4) is 0 Å². The summed E-state index contributed by atoms with van der Waals surface area (Å²) < 4.78 is 40.2. The Kier molecular flexibility index (Phi) is 4.81. The summed E-state index contributed by atoms with van der Waals surface area (Å²) in [5, 5.41) is 0. The van der Waals surface area contributed by atoms with E-state index in [1.54, 1.807) is 18.2 Å². The van der Waals surface area contributed by atoms with Crippen molar-refractivity contribution in [2.75, 3.05) is 5.75 Å². The maximum absolute atomic E-state index is 13.7. The average Bonchev–Trinajstić information content (AvgIpc) is 3.21. The monoisotopic (exact) mass is 299 g/mol. The third-order valence-corrected chi connectivity index (χ3v) is 5.92. The smallest absolute Gasteiger partial charge is 0.212 e. The van der Waals surface area contributed by atoms with Crippen LogP contribution in [0.5, 0.6) is 0 Å². The Balaban J connectivity index is 2.17. The molecule has 112 valence electrons. The Morgan fingerprint density at radius 2 is 2.00 bits per heavy atom. The first-order chi connectivity index (χ1) is 9.44. The molecular weight excluding hydrogens is 277 g/mol. The predicted molar refractivity (Wildman–Crippen MR) is 78.2 cm³/mol. The Labute approximate surface area is 120 Å². The molecule has 1 fully saturated rings. The van der Waals surface area contributed by atoms with Crippen molar-refractivity contribution in [3.63, 3.8) is 0 Å². The zero-order valence-electron chi connectivity index (χ0n) is 12.0. The van der Waals surface area contributed by atoms with Gasteiger partial charge in [0.1, 0.15) is 5.82 Å². The highest BCUT2D eigenvalue weighted by molar-refractivity contribution is 7.89. The van der Waals surface area contributed by atoms with Crippen molar-refractivity contribution in [1.29, 1.82) is 0 Å². The minimum absolute atomic E-state index is 0.0589. The van der Waals surface area contributed by atoms with Gasteiger partial charge >= 0.3 is 0 Å². The molecule has 20 heavy (non-hydrogen) atoms. The van der Waals surface area contributed by atoms with Crippen molar-refractivity contribution < 1.29 is 12.8 Å². The van der Waals surface area contributed by atoms with Crippen LogP contribution in [0.4, 0.5) is 4.39 Å². The van der Waals surface area contributed by atoms with Gasteiger partial charge in [-0.1, -0.05) is 38.5 Å². The van der Waals surface area contributed by atoms with Gasteiger partial charge in [-0.15, -0.1) is 0 Å². The SMILES string of the molecule is CC[C@@H](C)CS(=O)(=O)N(Cc1ccccc1F)C1CC1. The second-order valence-corrected chi connectivity index (χ2v) is 7.63. The van der Waals surface area contributed by atoms with Crippen LogP contribution in [0.15, 0.2) is 24.3 Å². The van der Waals surface area contributed by atoms with E-state index in [2.05, 4.69) is 0 Å². The first-order valence-electron chi connectivity index (χ1n) is 7.17. The first-order valence-corrected chi connectivity index (χ1v) is 8.78. The highest BCUT2D eigenvalue weighted by atomic mass is 32.2. The summed E-state index contributed by atoms with van der Waals surface area (Å²) in [6.07, 6.45) is 2.60. The lowest BCUT2D eigenvalue weighted by Gasteiger charge is -2.23. The third-order valence-electron chi connectivity index (χ3n) is 3.79. The number of rotatable bonds is 7. The minimum atomic E-state index is -3.32. The van der Waals surface area contributed by atoms with E-state index in [0.29, 0.717) is 5.56 Å². The summed E-state index contributed by atoms with van der Waals surface area (Å²) in [4.78, 5) is 0. The van der Waals surface area contributed by atoms with Gasteiger partial charge in [0.25, 0.3) is 0 Å². The minimum Gasteiger partial charge on any atom is -0.212 e. The number of hydrogen-bond acceptors (Lipinski definition) is 2. The fourth-order valence-corrected chi connectivity index (χ4v) is 4.33. The molecule has 0 unspecified atom stereocenters. The lowest BCUT2D eigenvalue weighted by atomic mass is 10.2. The van der Waals surface area contributed by atoms with Crippen molar-refractivity contribution in [3.05, 3.63) is 35.6 Å². The highest BCUT2D eigenvalue weighted by Crippen LogP contribution is 2.32. The molecule has 0 aliphatic heterocycles. The topological polar surface area (TPSA) is 37.4 Å².